The SMILES string of the molecule is O=C(C1CCCN1C(=O)n1ccnc1)N1CCOCC1. The summed E-state index contributed by atoms with van der Waals surface area (Å²) < 4.78 is 6.68. The van der Waals surface area contributed by atoms with E-state index >= 15 is 0 Å². The zero-order valence-electron chi connectivity index (χ0n) is 11.3. The van der Waals surface area contributed by atoms with Gasteiger partial charge in [0.2, 0.25) is 5.91 Å². The number of imidazole rings is 1. The smallest absolute Gasteiger partial charge is 0.330 e. The minimum atomic E-state index is -0.344. The third-order valence-electron chi connectivity index (χ3n) is 3.83. The summed E-state index contributed by atoms with van der Waals surface area (Å²) in [5.74, 6) is 0.0410. The lowest BCUT2D eigenvalue weighted by atomic mass is 10.2. The lowest BCUT2D eigenvalue weighted by Gasteiger charge is -2.32. The van der Waals surface area contributed by atoms with E-state index in [-0.39, 0.29) is 18.0 Å². The largest absolute Gasteiger partial charge is 0.378 e. The van der Waals surface area contributed by atoms with Gasteiger partial charge in [-0.1, -0.05) is 0 Å². The van der Waals surface area contributed by atoms with Crippen molar-refractivity contribution in [1.82, 2.24) is 19.4 Å². The molecule has 1 aromatic rings. The number of nitrogens with zero attached hydrogens (tertiary/aromatic N) is 4. The molecule has 1 unspecified atom stereocenters. The van der Waals surface area contributed by atoms with Crippen LogP contribution in [-0.2, 0) is 9.53 Å². The molecule has 3 rings (SSSR count). The van der Waals surface area contributed by atoms with Gasteiger partial charge in [0.15, 0.2) is 0 Å². The van der Waals surface area contributed by atoms with E-state index in [4.69, 9.17) is 4.74 Å². The molecule has 0 aromatic carbocycles. The number of carbonyl (C=O) groups is 2. The molecule has 7 nitrogen and oxygen atoms in total. The molecule has 2 aliphatic heterocycles. The molecule has 1 atom stereocenters. The highest BCUT2D eigenvalue weighted by Gasteiger charge is 2.37. The predicted molar refractivity (Wildman–Crippen MR) is 70.1 cm³/mol. The number of morpholine rings is 1. The van der Waals surface area contributed by atoms with E-state index in [0.29, 0.717) is 32.8 Å². The van der Waals surface area contributed by atoms with Crippen LogP contribution >= 0.6 is 0 Å². The van der Waals surface area contributed by atoms with Crippen molar-refractivity contribution in [3.8, 4) is 0 Å². The van der Waals surface area contributed by atoms with Crippen molar-refractivity contribution in [2.24, 2.45) is 0 Å². The molecule has 2 aliphatic rings. The first-order chi connectivity index (χ1) is 9.77. The zero-order valence-corrected chi connectivity index (χ0v) is 11.3. The molecule has 108 valence electrons. The number of hydrogen-bond donors (Lipinski definition) is 0. The van der Waals surface area contributed by atoms with E-state index in [9.17, 15) is 9.59 Å². The summed E-state index contributed by atoms with van der Waals surface area (Å²) in [6.45, 7) is 3.00. The van der Waals surface area contributed by atoms with Crippen molar-refractivity contribution < 1.29 is 14.3 Å². The van der Waals surface area contributed by atoms with E-state index in [1.807, 2.05) is 0 Å². The monoisotopic (exact) mass is 278 g/mol. The van der Waals surface area contributed by atoms with Crippen molar-refractivity contribution in [3.63, 3.8) is 0 Å². The molecule has 0 aliphatic carbocycles. The fourth-order valence-corrected chi connectivity index (χ4v) is 2.77. The van der Waals surface area contributed by atoms with Crippen molar-refractivity contribution in [1.29, 1.82) is 0 Å². The Morgan fingerprint density at radius 2 is 2.00 bits per heavy atom. The fourth-order valence-electron chi connectivity index (χ4n) is 2.77. The summed E-state index contributed by atoms with van der Waals surface area (Å²) in [5, 5.41) is 0. The summed E-state index contributed by atoms with van der Waals surface area (Å²) in [5.41, 5.74) is 0. The molecule has 0 spiro atoms. The van der Waals surface area contributed by atoms with Crippen LogP contribution in [0.1, 0.15) is 12.8 Å². The molecule has 7 heteroatoms. The van der Waals surface area contributed by atoms with Crippen LogP contribution in [0.4, 0.5) is 4.79 Å². The Kier molecular flexibility index (Phi) is 3.68. The summed E-state index contributed by atoms with van der Waals surface area (Å²) >= 11 is 0. The summed E-state index contributed by atoms with van der Waals surface area (Å²) in [7, 11) is 0. The van der Waals surface area contributed by atoms with Gasteiger partial charge in [0.05, 0.1) is 13.2 Å². The average molecular weight is 278 g/mol. The van der Waals surface area contributed by atoms with E-state index in [1.165, 1.54) is 10.9 Å². The molecule has 0 radical (unpaired) electrons. The molecule has 2 saturated heterocycles. The Balaban J connectivity index is 1.71. The minimum Gasteiger partial charge on any atom is -0.378 e. The topological polar surface area (TPSA) is 67.7 Å². The van der Waals surface area contributed by atoms with Crippen LogP contribution in [0.25, 0.3) is 0 Å². The molecule has 1 aromatic heterocycles. The van der Waals surface area contributed by atoms with Gasteiger partial charge in [-0.25, -0.2) is 9.78 Å². The Labute approximate surface area is 117 Å². The second kappa shape index (κ2) is 5.62. The zero-order chi connectivity index (χ0) is 13.9. The third-order valence-corrected chi connectivity index (χ3v) is 3.83. The minimum absolute atomic E-state index is 0.0410. The molecule has 3 heterocycles. The molecule has 0 N–H and O–H groups in total. The summed E-state index contributed by atoms with van der Waals surface area (Å²) in [6.07, 6.45) is 6.23. The first-order valence-electron chi connectivity index (χ1n) is 6.93. The molecule has 0 saturated carbocycles. The number of carbonyl (C=O) groups excluding carboxylic acids is 2. The number of amides is 2. The van der Waals surface area contributed by atoms with Gasteiger partial charge in [0.25, 0.3) is 0 Å². The van der Waals surface area contributed by atoms with Crippen LogP contribution in [0.15, 0.2) is 18.7 Å². The number of hydrogen-bond acceptors (Lipinski definition) is 4. The molecule has 20 heavy (non-hydrogen) atoms. The molecule has 0 bridgehead atoms. The van der Waals surface area contributed by atoms with Crippen LogP contribution in [0.5, 0.6) is 0 Å². The highest BCUT2D eigenvalue weighted by atomic mass is 16.5. The van der Waals surface area contributed by atoms with Crippen LogP contribution < -0.4 is 0 Å². The van der Waals surface area contributed by atoms with Gasteiger partial charge >= 0.3 is 6.03 Å². The van der Waals surface area contributed by atoms with E-state index in [1.54, 1.807) is 22.2 Å². The van der Waals surface area contributed by atoms with Gasteiger partial charge < -0.3 is 14.5 Å². The lowest BCUT2D eigenvalue weighted by Crippen LogP contribution is -2.51. The highest BCUT2D eigenvalue weighted by molar-refractivity contribution is 5.88. The number of likely N-dealkylation sites (tertiary alicyclic amines) is 1. The second-order valence-electron chi connectivity index (χ2n) is 5.04. The number of ether oxygens (including phenoxy) is 1. The first kappa shape index (κ1) is 13.1. The second-order valence-corrected chi connectivity index (χ2v) is 5.04. The predicted octanol–water partition coefficient (Wildman–Crippen LogP) is 0.174. The highest BCUT2D eigenvalue weighted by Crippen LogP contribution is 2.21. The molecule has 2 amide bonds. The van der Waals surface area contributed by atoms with Crippen LogP contribution in [0.3, 0.4) is 0 Å². The van der Waals surface area contributed by atoms with Crippen molar-refractivity contribution in [3.05, 3.63) is 18.7 Å². The maximum Gasteiger partial charge on any atom is 0.330 e. The van der Waals surface area contributed by atoms with Crippen molar-refractivity contribution >= 4 is 11.9 Å². The standard InChI is InChI=1S/C13H18N4O3/c18-12(15-6-8-20-9-7-15)11-2-1-4-17(11)13(19)16-5-3-14-10-16/h3,5,10-11H,1-2,4,6-9H2. The van der Waals surface area contributed by atoms with Crippen molar-refractivity contribution in [2.45, 2.75) is 18.9 Å². The Bertz CT molecular complexity index is 482. The normalized spacial score (nSPS) is 23.1. The van der Waals surface area contributed by atoms with Gasteiger partial charge in [-0.2, -0.15) is 0 Å². The number of rotatable bonds is 1. The Morgan fingerprint density at radius 3 is 2.70 bits per heavy atom. The Morgan fingerprint density at radius 1 is 1.20 bits per heavy atom. The first-order valence-corrected chi connectivity index (χ1v) is 6.93. The maximum atomic E-state index is 12.5. The summed E-state index contributed by atoms with van der Waals surface area (Å²) in [6, 6.07) is -0.519. The quantitative estimate of drug-likeness (QED) is 0.734. The molecule has 2 fully saturated rings. The molecular weight excluding hydrogens is 260 g/mol. The van der Waals surface area contributed by atoms with Gasteiger partial charge in [-0.05, 0) is 12.8 Å². The van der Waals surface area contributed by atoms with Gasteiger partial charge in [0, 0.05) is 32.0 Å². The van der Waals surface area contributed by atoms with E-state index in [0.717, 1.165) is 12.8 Å². The Hall–Kier alpha value is -1.89. The van der Waals surface area contributed by atoms with E-state index in [2.05, 4.69) is 4.98 Å². The lowest BCUT2D eigenvalue weighted by molar-refractivity contribution is -0.139. The summed E-state index contributed by atoms with van der Waals surface area (Å²) in [4.78, 5) is 32.2. The van der Waals surface area contributed by atoms with Crippen LogP contribution in [0.2, 0.25) is 0 Å². The third kappa shape index (κ3) is 2.40. The fraction of sp³-hybridized carbons (Fsp3) is 0.615. The van der Waals surface area contributed by atoms with Crippen LogP contribution in [-0.4, -0.2) is 70.2 Å². The average Bonchev–Trinajstić information content (AvgIpc) is 3.18. The van der Waals surface area contributed by atoms with Crippen molar-refractivity contribution in [2.75, 3.05) is 32.8 Å². The maximum absolute atomic E-state index is 12.5. The van der Waals surface area contributed by atoms with Gasteiger partial charge in [-0.15, -0.1) is 0 Å². The van der Waals surface area contributed by atoms with Crippen LogP contribution in [0, 0.1) is 0 Å². The van der Waals surface area contributed by atoms with Gasteiger partial charge in [-0.3, -0.25) is 9.36 Å². The van der Waals surface area contributed by atoms with Gasteiger partial charge in [0.1, 0.15) is 12.4 Å². The van der Waals surface area contributed by atoms with E-state index < -0.39 is 0 Å². The molecular formula is C13H18N4O3. The number of aromatic nitrogens is 2.